The van der Waals surface area contributed by atoms with E-state index in [0.29, 0.717) is 19.3 Å². The van der Waals surface area contributed by atoms with Crippen LogP contribution >= 0.6 is 0 Å². The van der Waals surface area contributed by atoms with Gasteiger partial charge in [-0.2, -0.15) is 0 Å². The highest BCUT2D eigenvalue weighted by atomic mass is 16.5. The number of unbranched alkanes of at least 4 members (excludes halogenated alkanes) is 32. The maximum Gasteiger partial charge on any atom is 0.306 e. The largest absolute Gasteiger partial charge is 0.462 e. The van der Waals surface area contributed by atoms with Gasteiger partial charge in [-0.1, -0.05) is 249 Å². The number of rotatable bonds is 50. The molecule has 3 unspecified atom stereocenters. The van der Waals surface area contributed by atoms with Crippen LogP contribution in [0.25, 0.3) is 0 Å². The van der Waals surface area contributed by atoms with Crippen LogP contribution in [-0.2, 0) is 14.3 Å². The number of carbonyl (C=O) groups is 2. The molecule has 0 heterocycles. The summed E-state index contributed by atoms with van der Waals surface area (Å²) in [5.74, 6) is -0.495. The number of amides is 1. The molecule has 0 saturated carbocycles. The van der Waals surface area contributed by atoms with Crippen LogP contribution in [0.15, 0.2) is 48.6 Å². The number of aliphatic hydroxyl groups is 2. The minimum Gasteiger partial charge on any atom is -0.462 e. The molecule has 0 aromatic carbocycles. The van der Waals surface area contributed by atoms with Crippen LogP contribution in [0, 0.1) is 0 Å². The molecule has 0 aliphatic carbocycles. The molecular formula is C58H107NO5. The van der Waals surface area contributed by atoms with E-state index in [2.05, 4.69) is 74.7 Å². The lowest BCUT2D eigenvalue weighted by Gasteiger charge is -2.24. The van der Waals surface area contributed by atoms with Crippen molar-refractivity contribution in [3.05, 3.63) is 48.6 Å². The average Bonchev–Trinajstić information content (AvgIpc) is 3.29. The molecule has 1 amide bonds. The first-order valence-corrected chi connectivity index (χ1v) is 27.9. The first kappa shape index (κ1) is 61.8. The zero-order valence-electron chi connectivity index (χ0n) is 42.7. The number of hydrogen-bond acceptors (Lipinski definition) is 5. The smallest absolute Gasteiger partial charge is 0.306 e. The summed E-state index contributed by atoms with van der Waals surface area (Å²) in [6, 6.07) is -0.710. The Morgan fingerprint density at radius 2 is 0.859 bits per heavy atom. The monoisotopic (exact) mass is 898 g/mol. The normalized spacial score (nSPS) is 13.5. The number of ether oxygens (including phenoxy) is 1. The van der Waals surface area contributed by atoms with Crippen molar-refractivity contribution >= 4 is 11.9 Å². The molecule has 3 atom stereocenters. The second-order valence-electron chi connectivity index (χ2n) is 19.0. The van der Waals surface area contributed by atoms with Crippen LogP contribution in [0.1, 0.15) is 284 Å². The fourth-order valence-electron chi connectivity index (χ4n) is 8.49. The summed E-state index contributed by atoms with van der Waals surface area (Å²) in [6.45, 7) is 6.37. The van der Waals surface area contributed by atoms with Crippen LogP contribution in [0.3, 0.4) is 0 Å². The van der Waals surface area contributed by atoms with E-state index in [9.17, 15) is 19.8 Å². The van der Waals surface area contributed by atoms with Gasteiger partial charge < -0.3 is 20.3 Å². The van der Waals surface area contributed by atoms with E-state index in [4.69, 9.17) is 4.74 Å². The quantitative estimate of drug-likeness (QED) is 0.0245. The predicted molar refractivity (Wildman–Crippen MR) is 278 cm³/mol. The van der Waals surface area contributed by atoms with Gasteiger partial charge in [0.2, 0.25) is 5.91 Å². The van der Waals surface area contributed by atoms with E-state index < -0.39 is 18.2 Å². The average molecular weight is 898 g/mol. The van der Waals surface area contributed by atoms with Crippen LogP contribution in [0.5, 0.6) is 0 Å². The number of aliphatic hydroxyl groups excluding tert-OH is 2. The summed E-state index contributed by atoms with van der Waals surface area (Å²) in [4.78, 5) is 26.2. The van der Waals surface area contributed by atoms with Gasteiger partial charge in [0.1, 0.15) is 6.10 Å². The molecule has 374 valence electrons. The molecule has 0 rings (SSSR count). The van der Waals surface area contributed by atoms with Crippen LogP contribution in [-0.4, -0.2) is 46.9 Å². The third kappa shape index (κ3) is 46.4. The lowest BCUT2D eigenvalue weighted by Crippen LogP contribution is -2.46. The zero-order chi connectivity index (χ0) is 46.7. The van der Waals surface area contributed by atoms with Crippen molar-refractivity contribution in [2.24, 2.45) is 0 Å². The van der Waals surface area contributed by atoms with Crippen molar-refractivity contribution in [3.8, 4) is 0 Å². The summed E-state index contributed by atoms with van der Waals surface area (Å²) < 4.78 is 5.94. The fourth-order valence-corrected chi connectivity index (χ4v) is 8.49. The summed E-state index contributed by atoms with van der Waals surface area (Å²) >= 11 is 0. The first-order chi connectivity index (χ1) is 31.5. The lowest BCUT2D eigenvalue weighted by atomic mass is 10.0. The number of carbonyl (C=O) groups excluding carboxylic acids is 2. The van der Waals surface area contributed by atoms with Gasteiger partial charge in [0.15, 0.2) is 0 Å². The summed E-state index contributed by atoms with van der Waals surface area (Å²) in [6.07, 6.45) is 63.2. The second-order valence-corrected chi connectivity index (χ2v) is 19.0. The standard InChI is InChI=1S/C58H107NO5/c1-4-7-10-13-16-19-22-25-27-28-29-30-33-36-39-42-45-48-51-58(63)64-54(49-46-43-40-37-34-31-24-21-18-15-12-9-6-3)52-57(62)59-55(53-60)56(61)50-47-44-41-38-35-32-26-23-20-17-14-11-8-5-2/h9,12,15,18,21,24,29-30,54-56,60-61H,4-8,10-11,13-14,16-17,19-20,22-23,25-28,31-53H2,1-3H3,(H,59,62)/b12-9+,18-15+,24-21+,30-29+. The molecule has 6 nitrogen and oxygen atoms in total. The van der Waals surface area contributed by atoms with Crippen molar-refractivity contribution in [3.63, 3.8) is 0 Å². The minimum atomic E-state index is -0.795. The van der Waals surface area contributed by atoms with E-state index in [1.54, 1.807) is 0 Å². The van der Waals surface area contributed by atoms with Gasteiger partial charge in [-0.05, 0) is 70.6 Å². The Balaban J connectivity index is 4.54. The minimum absolute atomic E-state index is 0.0617. The Morgan fingerprint density at radius 1 is 0.469 bits per heavy atom. The molecule has 0 radical (unpaired) electrons. The van der Waals surface area contributed by atoms with Gasteiger partial charge in [0.25, 0.3) is 0 Å². The summed E-state index contributed by atoms with van der Waals surface area (Å²) in [5, 5.41) is 23.8. The Kier molecular flexibility index (Phi) is 50.0. The Morgan fingerprint density at radius 3 is 1.31 bits per heavy atom. The second kappa shape index (κ2) is 51.8. The number of hydrogen-bond donors (Lipinski definition) is 3. The molecule has 0 fully saturated rings. The van der Waals surface area contributed by atoms with E-state index in [1.807, 2.05) is 0 Å². The van der Waals surface area contributed by atoms with Gasteiger partial charge in [-0.3, -0.25) is 9.59 Å². The Bertz CT molecular complexity index is 1100. The van der Waals surface area contributed by atoms with Crippen molar-refractivity contribution in [1.82, 2.24) is 5.32 Å². The third-order valence-corrected chi connectivity index (χ3v) is 12.7. The number of esters is 1. The van der Waals surface area contributed by atoms with Crippen molar-refractivity contribution < 1.29 is 24.5 Å². The van der Waals surface area contributed by atoms with Crippen molar-refractivity contribution in [2.45, 2.75) is 302 Å². The van der Waals surface area contributed by atoms with Gasteiger partial charge in [-0.15, -0.1) is 0 Å². The van der Waals surface area contributed by atoms with E-state index in [-0.39, 0.29) is 24.9 Å². The molecule has 0 bridgehead atoms. The van der Waals surface area contributed by atoms with Crippen LogP contribution < -0.4 is 5.32 Å². The molecule has 64 heavy (non-hydrogen) atoms. The molecule has 6 heteroatoms. The van der Waals surface area contributed by atoms with Crippen molar-refractivity contribution in [1.29, 1.82) is 0 Å². The number of nitrogens with one attached hydrogen (secondary N) is 1. The topological polar surface area (TPSA) is 95.9 Å². The van der Waals surface area contributed by atoms with Crippen molar-refractivity contribution in [2.75, 3.05) is 6.61 Å². The van der Waals surface area contributed by atoms with E-state index in [1.165, 1.54) is 148 Å². The van der Waals surface area contributed by atoms with E-state index in [0.717, 1.165) is 89.9 Å². The van der Waals surface area contributed by atoms with Gasteiger partial charge in [-0.25, -0.2) is 0 Å². The highest BCUT2D eigenvalue weighted by Crippen LogP contribution is 2.18. The number of allylic oxidation sites excluding steroid dienone is 8. The molecular weight excluding hydrogens is 791 g/mol. The zero-order valence-corrected chi connectivity index (χ0v) is 42.7. The molecule has 0 aliphatic heterocycles. The van der Waals surface area contributed by atoms with Gasteiger partial charge in [0, 0.05) is 6.42 Å². The fraction of sp³-hybridized carbons (Fsp3) is 0.828. The van der Waals surface area contributed by atoms with E-state index >= 15 is 0 Å². The molecule has 0 aromatic heterocycles. The van der Waals surface area contributed by atoms with Gasteiger partial charge >= 0.3 is 5.97 Å². The first-order valence-electron chi connectivity index (χ1n) is 27.9. The SMILES string of the molecule is CC/C=C/C=C/C=C/CCCCCCCC(CC(=O)NC(CO)C(O)CCCCCCCCCCCCCCCC)OC(=O)CCCCCCC/C=C/CCCCCCCCCCC. The summed E-state index contributed by atoms with van der Waals surface area (Å²) in [5.41, 5.74) is 0. The molecule has 3 N–H and O–H groups in total. The molecule has 0 spiro atoms. The van der Waals surface area contributed by atoms with Gasteiger partial charge in [0.05, 0.1) is 25.2 Å². The Labute approximate surface area is 397 Å². The predicted octanol–water partition coefficient (Wildman–Crippen LogP) is 17.0. The maximum absolute atomic E-state index is 13.2. The summed E-state index contributed by atoms with van der Waals surface area (Å²) in [7, 11) is 0. The maximum atomic E-state index is 13.2. The third-order valence-electron chi connectivity index (χ3n) is 12.7. The lowest BCUT2D eigenvalue weighted by molar-refractivity contribution is -0.151. The Hall–Kier alpha value is -2.18. The molecule has 0 aliphatic rings. The molecule has 0 aromatic rings. The van der Waals surface area contributed by atoms with Crippen LogP contribution in [0.4, 0.5) is 0 Å². The highest BCUT2D eigenvalue weighted by molar-refractivity contribution is 5.77. The highest BCUT2D eigenvalue weighted by Gasteiger charge is 2.24. The molecule has 0 saturated heterocycles. The van der Waals surface area contributed by atoms with Crippen LogP contribution in [0.2, 0.25) is 0 Å².